The number of anilines is 2. The van der Waals surface area contributed by atoms with Crippen molar-refractivity contribution in [3.05, 3.63) is 190 Å². The first-order chi connectivity index (χ1) is 31.5. The lowest BCUT2D eigenvalue weighted by Gasteiger charge is -2.45. The van der Waals surface area contributed by atoms with E-state index in [4.69, 9.17) is 0 Å². The first kappa shape index (κ1) is 49.9. The molecule has 0 saturated carbocycles. The van der Waals surface area contributed by atoms with Gasteiger partial charge in [0.15, 0.2) is 11.6 Å². The largest absolute Gasteiger partial charge is 0.369 e. The van der Waals surface area contributed by atoms with Gasteiger partial charge in [-0.25, -0.2) is 0 Å². The molecule has 2 heterocycles. The molecule has 2 atom stereocenters. The summed E-state index contributed by atoms with van der Waals surface area (Å²) in [5.41, 5.74) is 11.0. The minimum atomic E-state index is -0.0911. The summed E-state index contributed by atoms with van der Waals surface area (Å²) in [7, 11) is 0. The summed E-state index contributed by atoms with van der Waals surface area (Å²) in [5, 5.41) is 0. The summed E-state index contributed by atoms with van der Waals surface area (Å²) in [6, 6.07) is 21.1. The van der Waals surface area contributed by atoms with Crippen LogP contribution in [0.4, 0.5) is 11.4 Å². The Bertz CT molecular complexity index is 2210. The molecule has 6 rings (SSSR count). The number of rotatable bonds is 14. The molecule has 2 aliphatic carbocycles. The number of allylic oxidation sites excluding steroid dienone is 20. The van der Waals surface area contributed by atoms with Gasteiger partial charge in [-0.3, -0.25) is 19.4 Å². The van der Waals surface area contributed by atoms with E-state index >= 15 is 0 Å². The molecular weight excluding hydrogens is 809 g/mol. The molecule has 4 aliphatic rings. The monoisotopic (exact) mass is 885 g/mol. The van der Waals surface area contributed by atoms with Crippen molar-refractivity contribution in [2.24, 2.45) is 10.8 Å². The SMILES string of the molecule is CC1=C(/C=C/C(C)=C/C=C/C(C)=C/C=C/C=C(C)/C=C/C=C(C)/C=C/C2=C(C)C(=O)C(N3CCN(c4ccccc4)CC3)CC2(C)C)C(C)(C)CC(N2CCN(c3ccccc3)CC2)C1=O. The van der Waals surface area contributed by atoms with E-state index in [1.54, 1.807) is 0 Å². The topological polar surface area (TPSA) is 47.1 Å². The molecule has 6 nitrogen and oxygen atoms in total. The van der Waals surface area contributed by atoms with Crippen LogP contribution in [0.2, 0.25) is 0 Å². The Morgan fingerprint density at radius 3 is 1.14 bits per heavy atom. The highest BCUT2D eigenvalue weighted by Crippen LogP contribution is 2.43. The fourth-order valence-electron chi connectivity index (χ4n) is 10.1. The zero-order valence-corrected chi connectivity index (χ0v) is 41.7. The van der Waals surface area contributed by atoms with Gasteiger partial charge in [-0.05, 0) is 112 Å². The van der Waals surface area contributed by atoms with Gasteiger partial charge in [-0.2, -0.15) is 0 Å². The lowest BCUT2D eigenvalue weighted by molar-refractivity contribution is -0.123. The van der Waals surface area contributed by atoms with Crippen molar-refractivity contribution in [1.82, 2.24) is 9.80 Å². The summed E-state index contributed by atoms with van der Waals surface area (Å²) < 4.78 is 0. The summed E-state index contributed by atoms with van der Waals surface area (Å²) in [4.78, 5) is 37.2. The van der Waals surface area contributed by atoms with E-state index in [1.165, 1.54) is 11.4 Å². The van der Waals surface area contributed by atoms with Gasteiger partial charge in [0.05, 0.1) is 12.1 Å². The van der Waals surface area contributed by atoms with E-state index in [0.29, 0.717) is 0 Å². The maximum atomic E-state index is 13.7. The molecule has 2 fully saturated rings. The van der Waals surface area contributed by atoms with Crippen molar-refractivity contribution in [3.8, 4) is 0 Å². The molecule has 2 saturated heterocycles. The van der Waals surface area contributed by atoms with Crippen LogP contribution in [0.25, 0.3) is 0 Å². The van der Waals surface area contributed by atoms with Crippen LogP contribution < -0.4 is 9.80 Å². The molecular formula is C60H76N4O2. The van der Waals surface area contributed by atoms with E-state index < -0.39 is 0 Å². The Morgan fingerprint density at radius 2 is 0.788 bits per heavy atom. The van der Waals surface area contributed by atoms with E-state index in [9.17, 15) is 9.59 Å². The number of nitrogens with zero attached hydrogens (tertiary/aromatic N) is 4. The Kier molecular flexibility index (Phi) is 17.2. The highest BCUT2D eigenvalue weighted by molar-refractivity contribution is 6.02. The van der Waals surface area contributed by atoms with Crippen molar-refractivity contribution >= 4 is 22.9 Å². The van der Waals surface area contributed by atoms with Gasteiger partial charge in [-0.1, -0.05) is 171 Å². The zero-order valence-electron chi connectivity index (χ0n) is 41.7. The Hall–Kier alpha value is -5.56. The number of hydrogen-bond donors (Lipinski definition) is 0. The molecule has 2 aliphatic heterocycles. The van der Waals surface area contributed by atoms with E-state index in [2.05, 4.69) is 221 Å². The van der Waals surface area contributed by atoms with Crippen LogP contribution in [0.15, 0.2) is 190 Å². The first-order valence-electron chi connectivity index (χ1n) is 24.2. The van der Waals surface area contributed by atoms with Crippen LogP contribution in [-0.4, -0.2) is 85.8 Å². The number of piperazine rings is 2. The lowest BCUT2D eigenvalue weighted by atomic mass is 9.69. The number of Topliss-reactive ketones (excluding diaryl/α,β-unsaturated/α-hetero) is 2. The second-order valence-electron chi connectivity index (χ2n) is 20.1. The van der Waals surface area contributed by atoms with Crippen LogP contribution in [0.1, 0.15) is 82.1 Å². The van der Waals surface area contributed by atoms with Gasteiger partial charge in [0.2, 0.25) is 0 Å². The van der Waals surface area contributed by atoms with Crippen LogP contribution >= 0.6 is 0 Å². The predicted octanol–water partition coefficient (Wildman–Crippen LogP) is 12.6. The molecule has 0 radical (unpaired) electrons. The van der Waals surface area contributed by atoms with Crippen molar-refractivity contribution in [2.75, 3.05) is 62.2 Å². The van der Waals surface area contributed by atoms with Gasteiger partial charge in [0.25, 0.3) is 0 Å². The molecule has 0 bridgehead atoms. The molecule has 2 aromatic rings. The highest BCUT2D eigenvalue weighted by atomic mass is 16.1. The molecule has 348 valence electrons. The van der Waals surface area contributed by atoms with Gasteiger partial charge >= 0.3 is 0 Å². The van der Waals surface area contributed by atoms with Gasteiger partial charge in [0, 0.05) is 63.7 Å². The molecule has 0 aromatic heterocycles. The van der Waals surface area contributed by atoms with Crippen LogP contribution in [-0.2, 0) is 9.59 Å². The second kappa shape index (κ2) is 22.8. The van der Waals surface area contributed by atoms with Crippen molar-refractivity contribution in [1.29, 1.82) is 0 Å². The number of para-hydroxylation sites is 2. The third-order valence-corrected chi connectivity index (χ3v) is 14.1. The molecule has 2 unspecified atom stereocenters. The number of hydrogen-bond acceptors (Lipinski definition) is 6. The summed E-state index contributed by atoms with van der Waals surface area (Å²) in [5.74, 6) is 0.555. The molecule has 0 spiro atoms. The summed E-state index contributed by atoms with van der Waals surface area (Å²) >= 11 is 0. The Morgan fingerprint density at radius 1 is 0.470 bits per heavy atom. The standard InChI is InChI=1S/C60H76N4O2/c1-45(23-19-25-47(3)31-33-53-49(5)57(65)55(43-59(53,7)8)63-39-35-61(36-40-63)51-27-13-11-14-28-51)21-17-18-22-46(2)24-20-26-48(4)32-34-54-50(6)58(66)56(44-60(54,9)10)64-41-37-62(38-42-64)52-29-15-12-16-30-52/h11-34,55-56H,35-44H2,1-10H3/b18-17+,23-19+,24-20+,33-31+,34-32+,45-21+,46-22+,47-25+,48-26+. The third kappa shape index (κ3) is 13.1. The average molecular weight is 885 g/mol. The molecule has 2 aromatic carbocycles. The molecule has 0 N–H and O–H groups in total. The second-order valence-corrected chi connectivity index (χ2v) is 20.1. The quantitative estimate of drug-likeness (QED) is 0.176. The lowest BCUT2D eigenvalue weighted by Crippen LogP contribution is -2.55. The van der Waals surface area contributed by atoms with Crippen LogP contribution in [0, 0.1) is 10.8 Å². The smallest absolute Gasteiger partial charge is 0.175 e. The van der Waals surface area contributed by atoms with Crippen LogP contribution in [0.3, 0.4) is 0 Å². The number of carbonyl (C=O) groups is 2. The summed E-state index contributed by atoms with van der Waals surface area (Å²) in [6.07, 6.45) is 31.3. The Balaban J connectivity index is 0.958. The average Bonchev–Trinajstić information content (AvgIpc) is 3.30. The fraction of sp³-hybridized carbons (Fsp3) is 0.400. The highest BCUT2D eigenvalue weighted by Gasteiger charge is 2.42. The van der Waals surface area contributed by atoms with Crippen molar-refractivity contribution < 1.29 is 9.59 Å². The zero-order chi connectivity index (χ0) is 47.4. The predicted molar refractivity (Wildman–Crippen MR) is 281 cm³/mol. The number of benzene rings is 2. The van der Waals surface area contributed by atoms with Gasteiger partial charge in [0.1, 0.15) is 0 Å². The number of carbonyl (C=O) groups excluding carboxylic acids is 2. The Labute approximate surface area is 398 Å². The molecule has 66 heavy (non-hydrogen) atoms. The first-order valence-corrected chi connectivity index (χ1v) is 24.2. The van der Waals surface area contributed by atoms with Crippen LogP contribution in [0.5, 0.6) is 0 Å². The summed E-state index contributed by atoms with van der Waals surface area (Å²) in [6.45, 7) is 29.0. The molecule has 0 amide bonds. The van der Waals surface area contributed by atoms with Crippen molar-refractivity contribution in [3.63, 3.8) is 0 Å². The van der Waals surface area contributed by atoms with E-state index in [-0.39, 0.29) is 34.5 Å². The van der Waals surface area contributed by atoms with E-state index in [0.717, 1.165) is 110 Å². The van der Waals surface area contributed by atoms with Crippen molar-refractivity contribution in [2.45, 2.75) is 94.2 Å². The van der Waals surface area contributed by atoms with Gasteiger partial charge < -0.3 is 9.80 Å². The molecule has 6 heteroatoms. The van der Waals surface area contributed by atoms with Gasteiger partial charge in [-0.15, -0.1) is 0 Å². The normalized spacial score (nSPS) is 23.7. The minimum Gasteiger partial charge on any atom is -0.369 e. The fourth-order valence-corrected chi connectivity index (χ4v) is 10.1. The minimum absolute atomic E-state index is 0.0561. The maximum Gasteiger partial charge on any atom is 0.175 e. The third-order valence-electron chi connectivity index (χ3n) is 14.1. The number of ketones is 2. The maximum absolute atomic E-state index is 13.7. The van der Waals surface area contributed by atoms with E-state index in [1.807, 2.05) is 13.8 Å².